The van der Waals surface area contributed by atoms with E-state index in [2.05, 4.69) is 9.97 Å². The molecule has 0 saturated heterocycles. The first-order valence-electron chi connectivity index (χ1n) is 8.65. The maximum Gasteiger partial charge on any atom is 0.231 e. The number of ketones is 1. The van der Waals surface area contributed by atoms with Crippen LogP contribution >= 0.6 is 11.3 Å². The molecule has 128 valence electrons. The number of hydrogen-bond acceptors (Lipinski definition) is 5. The maximum absolute atomic E-state index is 11.1. The SMILES string of the molecule is CC(=O)CCc1ccc(Oc2nc(C)nc3sc4c(c23)CCC4)cc1. The summed E-state index contributed by atoms with van der Waals surface area (Å²) in [6.07, 6.45) is 4.77. The highest BCUT2D eigenvalue weighted by Gasteiger charge is 2.22. The van der Waals surface area contributed by atoms with Crippen molar-refractivity contribution >= 4 is 27.3 Å². The van der Waals surface area contributed by atoms with Gasteiger partial charge in [0.05, 0.1) is 5.39 Å². The van der Waals surface area contributed by atoms with Gasteiger partial charge in [-0.25, -0.2) is 4.98 Å². The Labute approximate surface area is 150 Å². The maximum atomic E-state index is 11.1. The quantitative estimate of drug-likeness (QED) is 0.662. The molecule has 0 amide bonds. The van der Waals surface area contributed by atoms with Crippen LogP contribution in [0.15, 0.2) is 24.3 Å². The van der Waals surface area contributed by atoms with Crippen molar-refractivity contribution in [2.24, 2.45) is 0 Å². The number of hydrogen-bond donors (Lipinski definition) is 0. The number of aromatic nitrogens is 2. The molecule has 2 heterocycles. The third-order valence-electron chi connectivity index (χ3n) is 4.55. The second-order valence-electron chi connectivity index (χ2n) is 6.56. The highest BCUT2D eigenvalue weighted by atomic mass is 32.1. The monoisotopic (exact) mass is 352 g/mol. The molecule has 0 radical (unpaired) electrons. The molecule has 0 spiro atoms. The summed E-state index contributed by atoms with van der Waals surface area (Å²) in [5, 5.41) is 1.09. The largest absolute Gasteiger partial charge is 0.438 e. The van der Waals surface area contributed by atoms with E-state index in [-0.39, 0.29) is 5.78 Å². The fraction of sp³-hybridized carbons (Fsp3) is 0.350. The van der Waals surface area contributed by atoms with E-state index in [0.29, 0.717) is 12.3 Å². The Morgan fingerprint density at radius 3 is 2.76 bits per heavy atom. The first kappa shape index (κ1) is 16.2. The van der Waals surface area contributed by atoms with E-state index >= 15 is 0 Å². The molecule has 0 fully saturated rings. The average Bonchev–Trinajstić information content (AvgIpc) is 3.14. The van der Waals surface area contributed by atoms with Crippen molar-refractivity contribution in [3.63, 3.8) is 0 Å². The molecule has 2 aromatic heterocycles. The number of aryl methyl sites for hydroxylation is 4. The number of rotatable bonds is 5. The van der Waals surface area contributed by atoms with Gasteiger partial charge in [0.2, 0.25) is 5.88 Å². The van der Waals surface area contributed by atoms with Crippen LogP contribution in [0.3, 0.4) is 0 Å². The molecular formula is C20H20N2O2S. The number of carbonyl (C=O) groups is 1. The van der Waals surface area contributed by atoms with E-state index in [1.807, 2.05) is 31.2 Å². The number of nitrogens with zero attached hydrogens (tertiary/aromatic N) is 2. The smallest absolute Gasteiger partial charge is 0.231 e. The second kappa shape index (κ2) is 6.56. The van der Waals surface area contributed by atoms with Gasteiger partial charge in [-0.2, -0.15) is 4.98 Å². The Morgan fingerprint density at radius 1 is 1.20 bits per heavy atom. The molecule has 0 bridgehead atoms. The summed E-state index contributed by atoms with van der Waals surface area (Å²) in [4.78, 5) is 22.7. The van der Waals surface area contributed by atoms with Gasteiger partial charge >= 0.3 is 0 Å². The minimum atomic E-state index is 0.213. The van der Waals surface area contributed by atoms with Gasteiger partial charge in [-0.05, 0) is 62.8 Å². The van der Waals surface area contributed by atoms with Crippen molar-refractivity contribution in [3.8, 4) is 11.6 Å². The number of fused-ring (bicyclic) bond motifs is 3. The van der Waals surface area contributed by atoms with E-state index in [1.165, 1.54) is 16.9 Å². The molecule has 5 heteroatoms. The lowest BCUT2D eigenvalue weighted by Crippen LogP contribution is -1.96. The number of Topliss-reactive ketones (excluding diaryl/α,β-unsaturated/α-hetero) is 1. The summed E-state index contributed by atoms with van der Waals surface area (Å²) in [6, 6.07) is 7.93. The molecule has 0 atom stereocenters. The first-order valence-corrected chi connectivity index (χ1v) is 9.47. The van der Waals surface area contributed by atoms with Crippen LogP contribution in [-0.2, 0) is 24.1 Å². The van der Waals surface area contributed by atoms with Crippen LogP contribution in [0.1, 0.15) is 41.6 Å². The van der Waals surface area contributed by atoms with E-state index in [4.69, 9.17) is 4.74 Å². The van der Waals surface area contributed by atoms with Crippen molar-refractivity contribution in [2.45, 2.75) is 46.0 Å². The van der Waals surface area contributed by atoms with Gasteiger partial charge in [-0.15, -0.1) is 11.3 Å². The normalized spacial score (nSPS) is 13.2. The van der Waals surface area contributed by atoms with Gasteiger partial charge in [0.25, 0.3) is 0 Å². The van der Waals surface area contributed by atoms with Crippen molar-refractivity contribution in [2.75, 3.05) is 0 Å². The van der Waals surface area contributed by atoms with Crippen LogP contribution in [0.2, 0.25) is 0 Å². The Bertz CT molecular complexity index is 944. The molecule has 25 heavy (non-hydrogen) atoms. The molecule has 0 saturated carbocycles. The van der Waals surface area contributed by atoms with Crippen LogP contribution in [-0.4, -0.2) is 15.8 Å². The van der Waals surface area contributed by atoms with Crippen molar-refractivity contribution in [1.82, 2.24) is 9.97 Å². The predicted molar refractivity (Wildman–Crippen MR) is 99.7 cm³/mol. The number of thiophene rings is 1. The lowest BCUT2D eigenvalue weighted by Gasteiger charge is -2.09. The summed E-state index contributed by atoms with van der Waals surface area (Å²) in [6.45, 7) is 3.53. The van der Waals surface area contributed by atoms with Crippen LogP contribution in [0.4, 0.5) is 0 Å². The van der Waals surface area contributed by atoms with Crippen molar-refractivity contribution < 1.29 is 9.53 Å². The zero-order valence-electron chi connectivity index (χ0n) is 14.5. The minimum Gasteiger partial charge on any atom is -0.438 e. The van der Waals surface area contributed by atoms with Gasteiger partial charge in [-0.1, -0.05) is 12.1 Å². The highest BCUT2D eigenvalue weighted by molar-refractivity contribution is 7.19. The van der Waals surface area contributed by atoms with Crippen LogP contribution in [0, 0.1) is 6.92 Å². The summed E-state index contributed by atoms with van der Waals surface area (Å²) >= 11 is 1.77. The standard InChI is InChI=1S/C20H20N2O2S/c1-12(23)6-7-14-8-10-15(11-9-14)24-19-18-16-4-3-5-17(16)25-20(18)22-13(2)21-19/h8-11H,3-7H2,1-2H3. The van der Waals surface area contributed by atoms with Crippen LogP contribution in [0.5, 0.6) is 11.6 Å². The molecule has 3 aromatic rings. The predicted octanol–water partition coefficient (Wildman–Crippen LogP) is 4.80. The molecule has 0 N–H and O–H groups in total. The fourth-order valence-corrected chi connectivity index (χ4v) is 4.59. The molecule has 1 aliphatic carbocycles. The minimum absolute atomic E-state index is 0.213. The van der Waals surface area contributed by atoms with E-state index in [9.17, 15) is 4.79 Å². The van der Waals surface area contributed by atoms with E-state index in [0.717, 1.165) is 46.6 Å². The average molecular weight is 352 g/mol. The molecule has 4 rings (SSSR count). The molecule has 0 aliphatic heterocycles. The lowest BCUT2D eigenvalue weighted by atomic mass is 10.1. The Kier molecular flexibility index (Phi) is 4.25. The van der Waals surface area contributed by atoms with Gasteiger partial charge < -0.3 is 9.53 Å². The molecule has 1 aliphatic rings. The molecule has 1 aromatic carbocycles. The molecular weight excluding hydrogens is 332 g/mol. The molecule has 4 nitrogen and oxygen atoms in total. The van der Waals surface area contributed by atoms with Crippen molar-refractivity contribution in [1.29, 1.82) is 0 Å². The summed E-state index contributed by atoms with van der Waals surface area (Å²) in [5.74, 6) is 2.38. The van der Waals surface area contributed by atoms with Gasteiger partial charge in [-0.3, -0.25) is 0 Å². The first-order chi connectivity index (χ1) is 12.1. The lowest BCUT2D eigenvalue weighted by molar-refractivity contribution is -0.116. The Hall–Kier alpha value is -2.27. The number of benzene rings is 1. The van der Waals surface area contributed by atoms with E-state index in [1.54, 1.807) is 18.3 Å². The van der Waals surface area contributed by atoms with E-state index < -0.39 is 0 Å². The van der Waals surface area contributed by atoms with Crippen LogP contribution in [0.25, 0.3) is 10.2 Å². The van der Waals surface area contributed by atoms with Crippen LogP contribution < -0.4 is 4.74 Å². The second-order valence-corrected chi connectivity index (χ2v) is 7.65. The van der Waals surface area contributed by atoms with Gasteiger partial charge in [0.1, 0.15) is 22.2 Å². The fourth-order valence-electron chi connectivity index (χ4n) is 3.29. The Balaban J connectivity index is 1.63. The van der Waals surface area contributed by atoms with Gasteiger partial charge in [0.15, 0.2) is 0 Å². The summed E-state index contributed by atoms with van der Waals surface area (Å²) < 4.78 is 6.13. The summed E-state index contributed by atoms with van der Waals surface area (Å²) in [7, 11) is 0. The number of ether oxygens (including phenoxy) is 1. The Morgan fingerprint density at radius 2 is 2.00 bits per heavy atom. The topological polar surface area (TPSA) is 52.1 Å². The van der Waals surface area contributed by atoms with Crippen molar-refractivity contribution in [3.05, 3.63) is 46.1 Å². The van der Waals surface area contributed by atoms with Gasteiger partial charge in [0, 0.05) is 11.3 Å². The third kappa shape index (κ3) is 3.29. The zero-order valence-corrected chi connectivity index (χ0v) is 15.3. The zero-order chi connectivity index (χ0) is 17.4. The highest BCUT2D eigenvalue weighted by Crippen LogP contribution is 2.41. The number of carbonyl (C=O) groups excluding carboxylic acids is 1. The summed E-state index contributed by atoms with van der Waals surface area (Å²) in [5.41, 5.74) is 2.51. The third-order valence-corrected chi connectivity index (χ3v) is 5.73. The molecule has 0 unspecified atom stereocenters.